The Morgan fingerprint density at radius 2 is 2.19 bits per heavy atom. The molecule has 0 bridgehead atoms. The number of piperidine rings is 1. The van der Waals surface area contributed by atoms with Crippen molar-refractivity contribution in [2.24, 2.45) is 11.7 Å². The number of sulfonamides is 1. The van der Waals surface area contributed by atoms with Gasteiger partial charge in [-0.1, -0.05) is 6.92 Å². The molecule has 1 rings (SSSR count). The molecule has 0 saturated carbocycles. The number of hydrogen-bond acceptors (Lipinski definition) is 4. The molecule has 0 aromatic rings. The Bertz CT molecular complexity index is 355. The van der Waals surface area contributed by atoms with E-state index in [-0.39, 0.29) is 18.2 Å². The summed E-state index contributed by atoms with van der Waals surface area (Å²) in [6, 6.07) is -0.159. The van der Waals surface area contributed by atoms with Gasteiger partial charge in [-0.15, -0.1) is 0 Å². The van der Waals surface area contributed by atoms with Crippen LogP contribution in [-0.2, 0) is 14.8 Å². The van der Waals surface area contributed by atoms with Gasteiger partial charge in [0, 0.05) is 19.1 Å². The highest BCUT2D eigenvalue weighted by Gasteiger charge is 2.30. The van der Waals surface area contributed by atoms with Crippen molar-refractivity contribution in [1.29, 1.82) is 0 Å². The topological polar surface area (TPSA) is 101 Å². The molecular formula is C9H18N2O4S. The second-order valence-electron chi connectivity index (χ2n) is 4.25. The average molecular weight is 250 g/mol. The van der Waals surface area contributed by atoms with Crippen molar-refractivity contribution < 1.29 is 18.3 Å². The monoisotopic (exact) mass is 250 g/mol. The quantitative estimate of drug-likeness (QED) is 0.698. The van der Waals surface area contributed by atoms with Crippen LogP contribution in [0.25, 0.3) is 0 Å². The highest BCUT2D eigenvalue weighted by molar-refractivity contribution is 7.89. The molecule has 6 nitrogen and oxygen atoms in total. The van der Waals surface area contributed by atoms with Crippen LogP contribution in [-0.4, -0.2) is 48.7 Å². The molecule has 1 aliphatic rings. The number of hydrogen-bond donors (Lipinski definition) is 2. The molecule has 1 fully saturated rings. The molecule has 2 unspecified atom stereocenters. The van der Waals surface area contributed by atoms with Crippen LogP contribution in [0.15, 0.2) is 0 Å². The van der Waals surface area contributed by atoms with Crippen molar-refractivity contribution in [2.75, 3.05) is 18.8 Å². The first-order valence-corrected chi connectivity index (χ1v) is 6.89. The van der Waals surface area contributed by atoms with E-state index in [1.54, 1.807) is 0 Å². The number of nitrogens with two attached hydrogens (primary N) is 1. The normalized spacial score (nSPS) is 27.9. The molecule has 1 aliphatic heterocycles. The molecule has 0 aromatic carbocycles. The minimum absolute atomic E-state index is 0.159. The number of carboxylic acid groups (broad SMARTS) is 1. The van der Waals surface area contributed by atoms with Gasteiger partial charge in [-0.05, 0) is 12.3 Å². The van der Waals surface area contributed by atoms with E-state index in [2.05, 4.69) is 0 Å². The summed E-state index contributed by atoms with van der Waals surface area (Å²) < 4.78 is 24.8. The summed E-state index contributed by atoms with van der Waals surface area (Å²) in [5, 5.41) is 8.46. The van der Waals surface area contributed by atoms with Gasteiger partial charge in [-0.25, -0.2) is 12.7 Å². The Balaban J connectivity index is 2.59. The molecule has 16 heavy (non-hydrogen) atoms. The first kappa shape index (κ1) is 13.4. The third-order valence-corrected chi connectivity index (χ3v) is 4.78. The van der Waals surface area contributed by atoms with Crippen LogP contribution in [0.2, 0.25) is 0 Å². The second-order valence-corrected chi connectivity index (χ2v) is 6.34. The number of rotatable bonds is 4. The maximum absolute atomic E-state index is 11.7. The Morgan fingerprint density at radius 1 is 1.56 bits per heavy atom. The van der Waals surface area contributed by atoms with Gasteiger partial charge in [-0.3, -0.25) is 4.79 Å². The Morgan fingerprint density at radius 3 is 2.69 bits per heavy atom. The largest absolute Gasteiger partial charge is 0.481 e. The van der Waals surface area contributed by atoms with E-state index < -0.39 is 16.0 Å². The average Bonchev–Trinajstić information content (AvgIpc) is 2.19. The lowest BCUT2D eigenvalue weighted by atomic mass is 9.96. The van der Waals surface area contributed by atoms with E-state index in [1.807, 2.05) is 6.92 Å². The molecule has 3 N–H and O–H groups in total. The highest BCUT2D eigenvalue weighted by atomic mass is 32.2. The highest BCUT2D eigenvalue weighted by Crippen LogP contribution is 2.18. The maximum atomic E-state index is 11.7. The van der Waals surface area contributed by atoms with Gasteiger partial charge < -0.3 is 10.8 Å². The number of nitrogens with zero attached hydrogens (tertiary/aromatic N) is 1. The second kappa shape index (κ2) is 5.11. The van der Waals surface area contributed by atoms with Crippen molar-refractivity contribution in [3.63, 3.8) is 0 Å². The first-order chi connectivity index (χ1) is 7.33. The summed E-state index contributed by atoms with van der Waals surface area (Å²) in [6.45, 7) is 2.73. The summed E-state index contributed by atoms with van der Waals surface area (Å²) in [5.41, 5.74) is 5.80. The number of carboxylic acids is 1. The first-order valence-electron chi connectivity index (χ1n) is 5.28. The van der Waals surface area contributed by atoms with E-state index in [1.165, 1.54) is 4.31 Å². The molecule has 94 valence electrons. The summed E-state index contributed by atoms with van der Waals surface area (Å²) in [7, 11) is -3.46. The summed E-state index contributed by atoms with van der Waals surface area (Å²) >= 11 is 0. The Labute approximate surface area is 95.5 Å². The van der Waals surface area contributed by atoms with Crippen molar-refractivity contribution in [3.8, 4) is 0 Å². The van der Waals surface area contributed by atoms with Gasteiger partial charge in [0.05, 0.1) is 12.2 Å². The Kier molecular flexibility index (Phi) is 4.28. The number of aliphatic carboxylic acids is 1. The van der Waals surface area contributed by atoms with Gasteiger partial charge >= 0.3 is 5.97 Å². The maximum Gasteiger partial charge on any atom is 0.304 e. The van der Waals surface area contributed by atoms with Crippen LogP contribution in [0.4, 0.5) is 0 Å². The van der Waals surface area contributed by atoms with E-state index in [0.29, 0.717) is 19.0 Å². The van der Waals surface area contributed by atoms with E-state index in [9.17, 15) is 13.2 Å². The minimum Gasteiger partial charge on any atom is -0.481 e. The molecule has 0 spiro atoms. The van der Waals surface area contributed by atoms with Gasteiger partial charge in [0.2, 0.25) is 10.0 Å². The van der Waals surface area contributed by atoms with Crippen molar-refractivity contribution in [2.45, 2.75) is 25.8 Å². The fourth-order valence-corrected chi connectivity index (χ4v) is 3.14. The Hall–Kier alpha value is -0.660. The van der Waals surface area contributed by atoms with Crippen LogP contribution in [0, 0.1) is 5.92 Å². The molecule has 7 heteroatoms. The predicted molar refractivity (Wildman–Crippen MR) is 59.4 cm³/mol. The van der Waals surface area contributed by atoms with Crippen LogP contribution in [0.1, 0.15) is 19.8 Å². The standard InChI is InChI=1S/C9H18N2O4S/c1-7-2-4-11(6-8(7)10)16(14,15)5-3-9(12)13/h7-8H,2-6,10H2,1H3,(H,12,13). The molecule has 2 atom stereocenters. The smallest absolute Gasteiger partial charge is 0.304 e. The zero-order valence-corrected chi connectivity index (χ0v) is 10.1. The van der Waals surface area contributed by atoms with Crippen LogP contribution >= 0.6 is 0 Å². The zero-order chi connectivity index (χ0) is 12.3. The van der Waals surface area contributed by atoms with Gasteiger partial charge in [0.15, 0.2) is 0 Å². The molecule has 1 heterocycles. The fraction of sp³-hybridized carbons (Fsp3) is 0.889. The lowest BCUT2D eigenvalue weighted by molar-refractivity contribution is -0.136. The van der Waals surface area contributed by atoms with Crippen molar-refractivity contribution in [1.82, 2.24) is 4.31 Å². The molecule has 0 amide bonds. The molecule has 0 radical (unpaired) electrons. The van der Waals surface area contributed by atoms with Crippen molar-refractivity contribution >= 4 is 16.0 Å². The van der Waals surface area contributed by atoms with Gasteiger partial charge in [0.25, 0.3) is 0 Å². The summed E-state index contributed by atoms with van der Waals surface area (Å²) in [5.74, 6) is -1.13. The molecular weight excluding hydrogens is 232 g/mol. The van der Waals surface area contributed by atoms with E-state index in [4.69, 9.17) is 10.8 Å². The third kappa shape index (κ3) is 3.43. The van der Waals surface area contributed by atoms with E-state index in [0.717, 1.165) is 6.42 Å². The van der Waals surface area contributed by atoms with E-state index >= 15 is 0 Å². The van der Waals surface area contributed by atoms with Crippen LogP contribution in [0.5, 0.6) is 0 Å². The van der Waals surface area contributed by atoms with Crippen molar-refractivity contribution in [3.05, 3.63) is 0 Å². The predicted octanol–water partition coefficient (Wildman–Crippen LogP) is -0.540. The van der Waals surface area contributed by atoms with Gasteiger partial charge in [0.1, 0.15) is 0 Å². The van der Waals surface area contributed by atoms with Gasteiger partial charge in [-0.2, -0.15) is 0 Å². The molecule has 1 saturated heterocycles. The lowest BCUT2D eigenvalue weighted by Gasteiger charge is -2.34. The minimum atomic E-state index is -3.46. The third-order valence-electron chi connectivity index (χ3n) is 2.95. The zero-order valence-electron chi connectivity index (χ0n) is 9.30. The molecule has 0 aliphatic carbocycles. The van der Waals surface area contributed by atoms with Crippen LogP contribution in [0.3, 0.4) is 0 Å². The molecule has 0 aromatic heterocycles. The fourth-order valence-electron chi connectivity index (χ4n) is 1.67. The lowest BCUT2D eigenvalue weighted by Crippen LogP contribution is -2.50. The summed E-state index contributed by atoms with van der Waals surface area (Å²) in [4.78, 5) is 10.3. The van der Waals surface area contributed by atoms with Crippen LogP contribution < -0.4 is 5.73 Å². The SMILES string of the molecule is CC1CCN(S(=O)(=O)CCC(=O)O)CC1N. The summed E-state index contributed by atoms with van der Waals surface area (Å²) in [6.07, 6.45) is 0.372. The number of carbonyl (C=O) groups is 1.